The smallest absolute Gasteiger partial charge is 0.351 e. The van der Waals surface area contributed by atoms with Gasteiger partial charge >= 0.3 is 5.69 Å². The van der Waals surface area contributed by atoms with Crippen LogP contribution in [0.1, 0.15) is 18.2 Å². The van der Waals surface area contributed by atoms with E-state index in [1.165, 1.54) is 22.9 Å². The van der Waals surface area contributed by atoms with E-state index in [0.717, 1.165) is 0 Å². The third kappa shape index (κ3) is 4.88. The fourth-order valence-corrected chi connectivity index (χ4v) is 2.70. The summed E-state index contributed by atoms with van der Waals surface area (Å²) in [5, 5.41) is 2.66. The molecular weight excluding hydrogens is 342 g/mol. The van der Waals surface area contributed by atoms with E-state index in [0.29, 0.717) is 31.7 Å². The third-order valence-electron chi connectivity index (χ3n) is 4.03. The number of carbonyl (C=O) groups is 1. The summed E-state index contributed by atoms with van der Waals surface area (Å²) in [6.07, 6.45) is 3.81. The molecule has 1 saturated heterocycles. The fraction of sp³-hybridized carbons (Fsp3) is 0.562. The first-order valence-corrected chi connectivity index (χ1v) is 8.31. The van der Waals surface area contributed by atoms with Gasteiger partial charge in [-0.1, -0.05) is 0 Å². The van der Waals surface area contributed by atoms with Crippen molar-refractivity contribution in [2.75, 3.05) is 39.6 Å². The van der Waals surface area contributed by atoms with Crippen LogP contribution in [0.25, 0.3) is 6.08 Å². The van der Waals surface area contributed by atoms with E-state index in [-0.39, 0.29) is 23.9 Å². The number of rotatable bonds is 8. The topological polar surface area (TPSA) is 145 Å². The van der Waals surface area contributed by atoms with Crippen LogP contribution in [0, 0.1) is 0 Å². The number of nitrogen functional groups attached to an aromatic ring is 1. The molecule has 10 heteroatoms. The Morgan fingerprint density at radius 3 is 3.00 bits per heavy atom. The molecule has 0 saturated carbocycles. The van der Waals surface area contributed by atoms with Gasteiger partial charge in [0.05, 0.1) is 25.8 Å². The van der Waals surface area contributed by atoms with Crippen LogP contribution in [0.15, 0.2) is 17.1 Å². The van der Waals surface area contributed by atoms with Crippen molar-refractivity contribution in [3.05, 3.63) is 28.3 Å². The van der Waals surface area contributed by atoms with E-state index in [4.69, 9.17) is 19.9 Å². The number of ether oxygens (including phenoxy) is 3. The van der Waals surface area contributed by atoms with Crippen molar-refractivity contribution < 1.29 is 24.7 Å². The van der Waals surface area contributed by atoms with Crippen molar-refractivity contribution in [2.45, 2.75) is 24.9 Å². The Morgan fingerprint density at radius 1 is 1.58 bits per heavy atom. The van der Waals surface area contributed by atoms with Crippen LogP contribution in [-0.2, 0) is 19.0 Å². The van der Waals surface area contributed by atoms with Gasteiger partial charge in [-0.25, -0.2) is 4.79 Å². The predicted octanol–water partition coefficient (Wildman–Crippen LogP) is -1.85. The van der Waals surface area contributed by atoms with Gasteiger partial charge in [0.1, 0.15) is 18.1 Å². The maximum Gasteiger partial charge on any atom is 0.351 e. The van der Waals surface area contributed by atoms with Gasteiger partial charge in [-0.05, 0) is 6.08 Å². The van der Waals surface area contributed by atoms with Gasteiger partial charge in [0, 0.05) is 38.5 Å². The van der Waals surface area contributed by atoms with Gasteiger partial charge in [-0.3, -0.25) is 9.36 Å². The standard InChI is InChI=1S/C16H25N5O5/c1-24-9-12-11(25-2)7-14(26-12)21-8-10(15(18)20-16(21)23)3-4-13(22)19-6-5-17/h3-4,8,11-12,14H,5-7,9,17H2,1-2H3,(H,19,22)(H2,18,20,23)/p+1/b4-3+/t11?,12-,14-/m1/s1. The number of nitrogens with one attached hydrogen (secondary N) is 1. The number of nitrogens with zero attached hydrogens (tertiary/aromatic N) is 2. The van der Waals surface area contributed by atoms with Gasteiger partial charge in [-0.15, -0.1) is 0 Å². The first-order valence-electron chi connectivity index (χ1n) is 8.31. The zero-order valence-electron chi connectivity index (χ0n) is 15.0. The summed E-state index contributed by atoms with van der Waals surface area (Å²) in [6, 6.07) is 0. The Bertz CT molecular complexity index is 705. The number of anilines is 1. The normalized spacial score (nSPS) is 22.8. The van der Waals surface area contributed by atoms with E-state index in [1.54, 1.807) is 14.2 Å². The van der Waals surface area contributed by atoms with Gasteiger partial charge < -0.3 is 31.0 Å². The van der Waals surface area contributed by atoms with Crippen LogP contribution >= 0.6 is 0 Å². The number of quaternary nitrogens is 1. The van der Waals surface area contributed by atoms with Gasteiger partial charge in [0.25, 0.3) is 0 Å². The number of methoxy groups -OCH3 is 2. The number of aromatic nitrogens is 2. The largest absolute Gasteiger partial charge is 0.383 e. The Balaban J connectivity index is 2.21. The zero-order valence-corrected chi connectivity index (χ0v) is 15.0. The lowest BCUT2D eigenvalue weighted by atomic mass is 10.2. The maximum absolute atomic E-state index is 12.2. The van der Waals surface area contributed by atoms with Crippen LogP contribution < -0.4 is 22.5 Å². The van der Waals surface area contributed by atoms with E-state index < -0.39 is 11.9 Å². The highest BCUT2D eigenvalue weighted by Crippen LogP contribution is 2.30. The van der Waals surface area contributed by atoms with Crippen molar-refractivity contribution in [1.82, 2.24) is 14.9 Å². The van der Waals surface area contributed by atoms with Crippen molar-refractivity contribution in [3.8, 4) is 0 Å². The molecular formula is C16H26N5O5+. The first-order chi connectivity index (χ1) is 12.5. The second-order valence-corrected chi connectivity index (χ2v) is 5.84. The lowest BCUT2D eigenvalue weighted by Gasteiger charge is -2.16. The second-order valence-electron chi connectivity index (χ2n) is 5.84. The molecule has 1 fully saturated rings. The maximum atomic E-state index is 12.2. The van der Waals surface area contributed by atoms with Crippen LogP contribution in [0.5, 0.6) is 0 Å². The quantitative estimate of drug-likeness (QED) is 0.456. The van der Waals surface area contributed by atoms with Crippen LogP contribution in [-0.4, -0.2) is 61.6 Å². The monoisotopic (exact) mass is 368 g/mol. The molecule has 1 aromatic heterocycles. The number of nitrogens with two attached hydrogens (primary N) is 1. The number of amides is 1. The van der Waals surface area contributed by atoms with Crippen molar-refractivity contribution in [3.63, 3.8) is 0 Å². The summed E-state index contributed by atoms with van der Waals surface area (Å²) in [6.45, 7) is 1.42. The lowest BCUT2D eigenvalue weighted by molar-refractivity contribution is -0.364. The Morgan fingerprint density at radius 2 is 2.35 bits per heavy atom. The predicted molar refractivity (Wildman–Crippen MR) is 93.9 cm³/mol. The molecule has 10 nitrogen and oxygen atoms in total. The minimum Gasteiger partial charge on any atom is -0.383 e. The molecule has 3 atom stereocenters. The number of carbonyl (C=O) groups excluding carboxylic acids is 1. The molecule has 144 valence electrons. The molecule has 1 aliphatic heterocycles. The third-order valence-corrected chi connectivity index (χ3v) is 4.03. The Hall–Kier alpha value is -2.27. The highest BCUT2D eigenvalue weighted by atomic mass is 16.6. The summed E-state index contributed by atoms with van der Waals surface area (Å²) in [7, 11) is 3.16. The SMILES string of the molecule is COC[C@H]1O[C@@H](n2cc(/C=C/C(=O)NCC[NH3+])c(N)nc2=O)CC1OC. The zero-order chi connectivity index (χ0) is 19.1. The summed E-state index contributed by atoms with van der Waals surface area (Å²) < 4.78 is 17.7. The van der Waals surface area contributed by atoms with Crippen LogP contribution in [0.4, 0.5) is 5.82 Å². The van der Waals surface area contributed by atoms with Crippen molar-refractivity contribution in [2.24, 2.45) is 0 Å². The molecule has 0 aliphatic carbocycles. The molecule has 2 heterocycles. The molecule has 0 aromatic carbocycles. The molecule has 1 aromatic rings. The average Bonchev–Trinajstić information content (AvgIpc) is 3.02. The summed E-state index contributed by atoms with van der Waals surface area (Å²) >= 11 is 0. The molecule has 0 bridgehead atoms. The van der Waals surface area contributed by atoms with Crippen LogP contribution in [0.2, 0.25) is 0 Å². The molecule has 0 radical (unpaired) electrons. The molecule has 2 rings (SSSR count). The summed E-state index contributed by atoms with van der Waals surface area (Å²) in [5.74, 6) is -0.232. The number of hydrogen-bond donors (Lipinski definition) is 3. The molecule has 1 aliphatic rings. The van der Waals surface area contributed by atoms with E-state index in [2.05, 4.69) is 16.0 Å². The molecule has 1 unspecified atom stereocenters. The molecule has 0 spiro atoms. The molecule has 1 amide bonds. The van der Waals surface area contributed by atoms with Crippen molar-refractivity contribution >= 4 is 17.8 Å². The van der Waals surface area contributed by atoms with E-state index >= 15 is 0 Å². The minimum absolute atomic E-state index is 0.0437. The van der Waals surface area contributed by atoms with Gasteiger partial charge in [0.2, 0.25) is 5.91 Å². The first kappa shape index (κ1) is 20.0. The average molecular weight is 368 g/mol. The lowest BCUT2D eigenvalue weighted by Crippen LogP contribution is -2.54. The molecule has 6 N–H and O–H groups in total. The van der Waals surface area contributed by atoms with E-state index in [1.807, 2.05) is 0 Å². The van der Waals surface area contributed by atoms with Gasteiger partial charge in [-0.2, -0.15) is 4.98 Å². The Labute approximate surface area is 151 Å². The summed E-state index contributed by atoms with van der Waals surface area (Å²) in [5.41, 5.74) is 9.37. The van der Waals surface area contributed by atoms with Crippen LogP contribution in [0.3, 0.4) is 0 Å². The highest BCUT2D eigenvalue weighted by molar-refractivity contribution is 5.92. The van der Waals surface area contributed by atoms with Crippen molar-refractivity contribution in [1.29, 1.82) is 0 Å². The minimum atomic E-state index is -0.548. The second kappa shape index (κ2) is 9.43. The Kier molecular flexibility index (Phi) is 7.27. The summed E-state index contributed by atoms with van der Waals surface area (Å²) in [4.78, 5) is 27.7. The molecule has 26 heavy (non-hydrogen) atoms. The highest BCUT2D eigenvalue weighted by Gasteiger charge is 2.37. The number of hydrogen-bond acceptors (Lipinski definition) is 7. The van der Waals surface area contributed by atoms with E-state index in [9.17, 15) is 9.59 Å². The fourth-order valence-electron chi connectivity index (χ4n) is 2.70. The van der Waals surface area contributed by atoms with Gasteiger partial charge in [0.15, 0.2) is 0 Å².